The van der Waals surface area contributed by atoms with Crippen LogP contribution < -0.4 is 4.74 Å². The van der Waals surface area contributed by atoms with E-state index in [1.54, 1.807) is 35.6 Å². The van der Waals surface area contributed by atoms with Gasteiger partial charge in [0.1, 0.15) is 10.6 Å². The van der Waals surface area contributed by atoms with Crippen LogP contribution in [0.2, 0.25) is 0 Å². The van der Waals surface area contributed by atoms with Crippen LogP contribution >= 0.6 is 11.3 Å². The lowest BCUT2D eigenvalue weighted by Crippen LogP contribution is -2.48. The Bertz CT molecular complexity index is 1010. The van der Waals surface area contributed by atoms with Crippen molar-refractivity contribution in [2.75, 3.05) is 19.7 Å². The molecule has 2 aromatic heterocycles. The molecule has 0 N–H and O–H groups in total. The van der Waals surface area contributed by atoms with Crippen molar-refractivity contribution in [3.05, 3.63) is 47.0 Å². The SMILES string of the molecule is CCCOc1ccccc1S(=O)(=O)N1CC(c2nc(-c3ccsc3)no2)C1. The molecule has 1 aromatic carbocycles. The van der Waals surface area contributed by atoms with Gasteiger partial charge >= 0.3 is 0 Å². The summed E-state index contributed by atoms with van der Waals surface area (Å²) in [7, 11) is -3.62. The molecule has 0 saturated carbocycles. The molecule has 3 aromatic rings. The first-order chi connectivity index (χ1) is 13.1. The van der Waals surface area contributed by atoms with Gasteiger partial charge in [0.05, 0.1) is 12.5 Å². The maximum absolute atomic E-state index is 12.9. The maximum Gasteiger partial charge on any atom is 0.246 e. The summed E-state index contributed by atoms with van der Waals surface area (Å²) in [5.41, 5.74) is 0.904. The van der Waals surface area contributed by atoms with Crippen molar-refractivity contribution in [3.8, 4) is 17.1 Å². The van der Waals surface area contributed by atoms with Gasteiger partial charge in [-0.05, 0) is 30.0 Å². The second-order valence-corrected chi connectivity index (χ2v) is 8.97. The molecule has 4 rings (SSSR count). The summed E-state index contributed by atoms with van der Waals surface area (Å²) in [5, 5.41) is 7.88. The molecule has 27 heavy (non-hydrogen) atoms. The Kier molecular flexibility index (Phi) is 4.98. The van der Waals surface area contributed by atoms with Crippen molar-refractivity contribution < 1.29 is 17.7 Å². The summed E-state index contributed by atoms with van der Waals surface area (Å²) < 4.78 is 38.2. The average Bonchev–Trinajstić information content (AvgIpc) is 3.30. The third-order valence-corrected chi connectivity index (χ3v) is 6.90. The van der Waals surface area contributed by atoms with E-state index in [9.17, 15) is 8.42 Å². The van der Waals surface area contributed by atoms with Gasteiger partial charge in [-0.25, -0.2) is 8.42 Å². The summed E-state index contributed by atoms with van der Waals surface area (Å²) in [4.78, 5) is 4.60. The van der Waals surface area contributed by atoms with Crippen LogP contribution in [0.15, 0.2) is 50.5 Å². The zero-order valence-corrected chi connectivity index (χ0v) is 16.4. The highest BCUT2D eigenvalue weighted by Gasteiger charge is 2.41. The quantitative estimate of drug-likeness (QED) is 0.599. The lowest BCUT2D eigenvalue weighted by Gasteiger charge is -2.36. The molecule has 0 bridgehead atoms. The van der Waals surface area contributed by atoms with E-state index in [-0.39, 0.29) is 10.8 Å². The summed E-state index contributed by atoms with van der Waals surface area (Å²) >= 11 is 1.56. The Morgan fingerprint density at radius 1 is 1.30 bits per heavy atom. The summed E-state index contributed by atoms with van der Waals surface area (Å²) in [6.45, 7) is 3.08. The molecule has 3 heterocycles. The molecule has 1 aliphatic rings. The molecule has 0 spiro atoms. The van der Waals surface area contributed by atoms with E-state index < -0.39 is 10.0 Å². The first-order valence-corrected chi connectivity index (χ1v) is 11.1. The molecular formula is C18H19N3O4S2. The van der Waals surface area contributed by atoms with Gasteiger partial charge in [-0.15, -0.1) is 0 Å². The number of sulfonamides is 1. The molecule has 0 amide bonds. The highest BCUT2D eigenvalue weighted by Crippen LogP contribution is 2.35. The van der Waals surface area contributed by atoms with E-state index in [0.717, 1.165) is 12.0 Å². The molecule has 0 unspecified atom stereocenters. The fourth-order valence-electron chi connectivity index (χ4n) is 2.83. The number of thiophene rings is 1. The van der Waals surface area contributed by atoms with Crippen molar-refractivity contribution in [2.45, 2.75) is 24.2 Å². The Labute approximate surface area is 161 Å². The van der Waals surface area contributed by atoms with Gasteiger partial charge in [-0.3, -0.25) is 0 Å². The molecule has 7 nitrogen and oxygen atoms in total. The molecule has 1 fully saturated rings. The van der Waals surface area contributed by atoms with Gasteiger partial charge in [0.25, 0.3) is 0 Å². The van der Waals surface area contributed by atoms with Crippen molar-refractivity contribution in [2.24, 2.45) is 0 Å². The van der Waals surface area contributed by atoms with Crippen molar-refractivity contribution in [1.82, 2.24) is 14.4 Å². The fourth-order valence-corrected chi connectivity index (χ4v) is 5.13. The van der Waals surface area contributed by atoms with E-state index in [0.29, 0.717) is 37.2 Å². The lowest BCUT2D eigenvalue weighted by atomic mass is 10.0. The highest BCUT2D eigenvalue weighted by atomic mass is 32.2. The minimum atomic E-state index is -3.62. The average molecular weight is 406 g/mol. The Morgan fingerprint density at radius 2 is 2.11 bits per heavy atom. The number of benzene rings is 1. The minimum Gasteiger partial charge on any atom is -0.492 e. The topological polar surface area (TPSA) is 85.5 Å². The zero-order valence-electron chi connectivity index (χ0n) is 14.7. The van der Waals surface area contributed by atoms with Crippen LogP contribution in [0.5, 0.6) is 5.75 Å². The monoisotopic (exact) mass is 405 g/mol. The minimum absolute atomic E-state index is 0.0941. The second kappa shape index (κ2) is 7.41. The van der Waals surface area contributed by atoms with Crippen LogP contribution in [-0.2, 0) is 10.0 Å². The van der Waals surface area contributed by atoms with Crippen LogP contribution in [0.4, 0.5) is 0 Å². The molecule has 1 saturated heterocycles. The second-order valence-electron chi connectivity index (χ2n) is 6.28. The summed E-state index contributed by atoms with van der Waals surface area (Å²) in [5.74, 6) is 1.30. The van der Waals surface area contributed by atoms with E-state index in [4.69, 9.17) is 9.26 Å². The van der Waals surface area contributed by atoms with Gasteiger partial charge in [0.15, 0.2) is 0 Å². The number of aromatic nitrogens is 2. The number of para-hydroxylation sites is 1. The number of ether oxygens (including phenoxy) is 1. The van der Waals surface area contributed by atoms with Crippen LogP contribution in [-0.4, -0.2) is 42.6 Å². The number of rotatable bonds is 7. The first kappa shape index (κ1) is 18.1. The third-order valence-electron chi connectivity index (χ3n) is 4.35. The molecular weight excluding hydrogens is 386 g/mol. The van der Waals surface area contributed by atoms with Crippen LogP contribution in [0.1, 0.15) is 25.2 Å². The number of hydrogen-bond donors (Lipinski definition) is 0. The normalized spacial score (nSPS) is 15.6. The molecule has 0 aliphatic carbocycles. The summed E-state index contributed by atoms with van der Waals surface area (Å²) in [6.07, 6.45) is 0.809. The van der Waals surface area contributed by atoms with E-state index >= 15 is 0 Å². The number of nitrogens with zero attached hydrogens (tertiary/aromatic N) is 3. The lowest BCUT2D eigenvalue weighted by molar-refractivity contribution is 0.216. The molecule has 1 aliphatic heterocycles. The van der Waals surface area contributed by atoms with Gasteiger partial charge in [-0.2, -0.15) is 20.6 Å². The van der Waals surface area contributed by atoms with Crippen LogP contribution in [0.3, 0.4) is 0 Å². The fraction of sp³-hybridized carbons (Fsp3) is 0.333. The largest absolute Gasteiger partial charge is 0.492 e. The van der Waals surface area contributed by atoms with Gasteiger partial charge in [0.2, 0.25) is 21.7 Å². The molecule has 0 atom stereocenters. The van der Waals surface area contributed by atoms with Crippen LogP contribution in [0.25, 0.3) is 11.4 Å². The Morgan fingerprint density at radius 3 is 2.85 bits per heavy atom. The predicted octanol–water partition coefficient (Wildman–Crippen LogP) is 3.38. The standard InChI is InChI=1S/C18H19N3O4S2/c1-2-8-24-15-5-3-4-6-16(15)27(22,23)21-10-14(11-21)18-19-17(20-25-18)13-7-9-26-12-13/h3-7,9,12,14H,2,8,10-11H2,1H3. The maximum atomic E-state index is 12.9. The van der Waals surface area contributed by atoms with Gasteiger partial charge in [-0.1, -0.05) is 24.2 Å². The highest BCUT2D eigenvalue weighted by molar-refractivity contribution is 7.89. The number of hydrogen-bond acceptors (Lipinski definition) is 7. The van der Waals surface area contributed by atoms with Crippen molar-refractivity contribution in [3.63, 3.8) is 0 Å². The van der Waals surface area contributed by atoms with E-state index in [1.165, 1.54) is 4.31 Å². The molecule has 142 valence electrons. The first-order valence-electron chi connectivity index (χ1n) is 8.67. The smallest absolute Gasteiger partial charge is 0.246 e. The molecule has 0 radical (unpaired) electrons. The van der Waals surface area contributed by atoms with Crippen molar-refractivity contribution in [1.29, 1.82) is 0 Å². The van der Waals surface area contributed by atoms with E-state index in [2.05, 4.69) is 10.1 Å². The van der Waals surface area contributed by atoms with Gasteiger partial charge < -0.3 is 9.26 Å². The Hall–Kier alpha value is -2.23. The zero-order chi connectivity index (χ0) is 18.9. The van der Waals surface area contributed by atoms with Gasteiger partial charge in [0, 0.05) is 24.0 Å². The predicted molar refractivity (Wildman–Crippen MR) is 101 cm³/mol. The van der Waals surface area contributed by atoms with Crippen molar-refractivity contribution >= 4 is 21.4 Å². The van der Waals surface area contributed by atoms with Crippen LogP contribution in [0, 0.1) is 0 Å². The van der Waals surface area contributed by atoms with E-state index in [1.807, 2.05) is 23.8 Å². The molecule has 9 heteroatoms. The third kappa shape index (κ3) is 3.50. The Balaban J connectivity index is 1.48. The summed E-state index contributed by atoms with van der Waals surface area (Å²) in [6, 6.07) is 8.66.